The van der Waals surface area contributed by atoms with E-state index in [0.29, 0.717) is 56.4 Å². The summed E-state index contributed by atoms with van der Waals surface area (Å²) in [5.74, 6) is -3.06. The Morgan fingerprint density at radius 2 is 0.477 bits per heavy atom. The standard InChI is InChI=1S/C118H68F4N10/c119-87-53-83(54-88(120)63-87)115-111(129-105-35-19-15-31-93(105)97-57-77(41-47-107(97)129)81-39-45-101(125-67-81)73-21-5-1-6-22-73)49-71(65-123)50-112(115)130-106-36-20-16-32-94(106)98-58-78(42-48-108(98)130)85-59-99(117(127-69-85)75-25-9-3-10-26-75)100-60-86(70-128-118(100)76-27-11-4-12-28-76)80-38-44-96-92-30-14-18-34-104(92)132(110(96)62-80)114-52-72(66-124)51-113(116(114)84-55-89(121)64-90(122)56-84)131-103-33-17-13-29-91(103)95-43-37-79(61-109(95)131)82-40-46-102(126-68-82)74-23-7-2-8-24-74/h1-64,67-70H. The van der Waals surface area contributed by atoms with Crippen molar-refractivity contribution < 1.29 is 17.6 Å². The van der Waals surface area contributed by atoms with Crippen molar-refractivity contribution in [2.75, 3.05) is 0 Å². The van der Waals surface area contributed by atoms with E-state index >= 15 is 17.6 Å². The van der Waals surface area contributed by atoms with Gasteiger partial charge in [-0.15, -0.1) is 0 Å². The fraction of sp³-hybridized carbons (Fsp3) is 0. The maximum atomic E-state index is 16.4. The van der Waals surface area contributed by atoms with Crippen LogP contribution in [0.3, 0.4) is 0 Å². The summed E-state index contributed by atoms with van der Waals surface area (Å²) in [5.41, 5.74) is 25.8. The van der Waals surface area contributed by atoms with Crippen LogP contribution in [0.25, 0.3) is 233 Å². The van der Waals surface area contributed by atoms with Crippen molar-refractivity contribution in [2.24, 2.45) is 0 Å². The molecule has 0 unspecified atom stereocenters. The van der Waals surface area contributed by atoms with Gasteiger partial charge in [-0.05, 0) is 167 Å². The number of fused-ring (bicyclic) bond motifs is 12. The molecule has 0 saturated heterocycles. The predicted octanol–water partition coefficient (Wildman–Crippen LogP) is 30.3. The molecule has 0 N–H and O–H groups in total. The summed E-state index contributed by atoms with van der Waals surface area (Å²) >= 11 is 0. The maximum absolute atomic E-state index is 16.4. The van der Waals surface area contributed by atoms with Crippen LogP contribution in [0, 0.1) is 45.9 Å². The van der Waals surface area contributed by atoms with Gasteiger partial charge in [0.1, 0.15) is 23.3 Å². The van der Waals surface area contributed by atoms with Gasteiger partial charge in [0.15, 0.2) is 0 Å². The molecule has 10 nitrogen and oxygen atoms in total. The second-order valence-electron chi connectivity index (χ2n) is 33.2. The summed E-state index contributed by atoms with van der Waals surface area (Å²) in [6.45, 7) is 0. The minimum atomic E-state index is -0.767. The minimum absolute atomic E-state index is 0.257. The monoisotopic (exact) mass is 1700 g/mol. The van der Waals surface area contributed by atoms with Gasteiger partial charge in [0, 0.05) is 147 Å². The highest BCUT2D eigenvalue weighted by atomic mass is 19.1. The summed E-state index contributed by atoms with van der Waals surface area (Å²) in [6.07, 6.45) is 7.58. The normalized spacial score (nSPS) is 11.6. The van der Waals surface area contributed by atoms with Crippen LogP contribution < -0.4 is 0 Å². The first-order valence-electron chi connectivity index (χ1n) is 43.4. The molecule has 24 aromatic rings. The zero-order valence-electron chi connectivity index (χ0n) is 70.2. The van der Waals surface area contributed by atoms with Gasteiger partial charge in [0.05, 0.1) is 113 Å². The van der Waals surface area contributed by atoms with Gasteiger partial charge >= 0.3 is 0 Å². The molecule has 14 heteroatoms. The zero-order chi connectivity index (χ0) is 88.3. The first kappa shape index (κ1) is 77.6. The van der Waals surface area contributed by atoms with Gasteiger partial charge in [-0.3, -0.25) is 19.9 Å². The highest BCUT2D eigenvalue weighted by Gasteiger charge is 2.30. The van der Waals surface area contributed by atoms with E-state index < -0.39 is 23.3 Å². The van der Waals surface area contributed by atoms with Crippen molar-refractivity contribution in [3.8, 4) is 158 Å². The molecule has 0 radical (unpaired) electrons. The molecule has 16 aromatic carbocycles. The smallest absolute Gasteiger partial charge is 0.126 e. The summed E-state index contributed by atoms with van der Waals surface area (Å²) < 4.78 is 73.9. The molecule has 8 aromatic heterocycles. The van der Waals surface area contributed by atoms with Crippen molar-refractivity contribution in [1.82, 2.24) is 38.2 Å². The third-order valence-electron chi connectivity index (χ3n) is 25.6. The van der Waals surface area contributed by atoms with E-state index in [-0.39, 0.29) is 11.1 Å². The number of benzene rings is 16. The Balaban J connectivity index is 0.675. The topological polar surface area (TPSA) is 119 Å². The van der Waals surface area contributed by atoms with Gasteiger partial charge in [-0.1, -0.05) is 243 Å². The molecule has 0 amide bonds. The molecular formula is C118H68F4N10. The maximum Gasteiger partial charge on any atom is 0.126 e. The van der Waals surface area contributed by atoms with E-state index in [1.807, 2.05) is 231 Å². The van der Waals surface area contributed by atoms with Crippen LogP contribution in [-0.4, -0.2) is 38.2 Å². The van der Waals surface area contributed by atoms with Gasteiger partial charge in [0.25, 0.3) is 0 Å². The lowest BCUT2D eigenvalue weighted by Crippen LogP contribution is -2.05. The minimum Gasteiger partial charge on any atom is -0.308 e. The van der Waals surface area contributed by atoms with Gasteiger partial charge in [0.2, 0.25) is 0 Å². The molecule has 0 aliphatic heterocycles. The number of pyridine rings is 4. The number of nitriles is 2. The average Bonchev–Trinajstić information content (AvgIpc) is 1.55. The number of hydrogen-bond donors (Lipinski definition) is 0. The molecule has 0 fully saturated rings. The number of para-hydroxylation sites is 4. The molecule has 0 bridgehead atoms. The van der Waals surface area contributed by atoms with Crippen molar-refractivity contribution in [1.29, 1.82) is 10.5 Å². The Labute approximate surface area is 753 Å². The Morgan fingerprint density at radius 1 is 0.197 bits per heavy atom. The van der Waals surface area contributed by atoms with E-state index in [0.717, 1.165) is 189 Å². The first-order chi connectivity index (χ1) is 65.0. The molecule has 0 aliphatic carbocycles. The van der Waals surface area contributed by atoms with E-state index in [1.165, 1.54) is 24.3 Å². The van der Waals surface area contributed by atoms with Gasteiger partial charge < -0.3 is 18.3 Å². The molecule has 0 spiro atoms. The fourth-order valence-corrected chi connectivity index (χ4v) is 19.7. The van der Waals surface area contributed by atoms with Crippen LogP contribution >= 0.6 is 0 Å². The summed E-state index contributed by atoms with van der Waals surface area (Å²) in [7, 11) is 0. The first-order valence-corrected chi connectivity index (χ1v) is 43.4. The number of nitrogens with zero attached hydrogens (tertiary/aromatic N) is 10. The van der Waals surface area contributed by atoms with Gasteiger partial charge in [-0.25, -0.2) is 17.6 Å². The van der Waals surface area contributed by atoms with Crippen LogP contribution in [0.2, 0.25) is 0 Å². The van der Waals surface area contributed by atoms with Crippen LogP contribution in [-0.2, 0) is 0 Å². The Bertz CT molecular complexity index is 8920. The van der Waals surface area contributed by atoms with Crippen molar-refractivity contribution in [3.63, 3.8) is 0 Å². The number of hydrogen-bond acceptors (Lipinski definition) is 6. The quantitative estimate of drug-likeness (QED) is 0.0943. The summed E-state index contributed by atoms with van der Waals surface area (Å²) in [6, 6.07) is 130. The molecule has 24 rings (SSSR count). The zero-order valence-corrected chi connectivity index (χ0v) is 70.2. The second kappa shape index (κ2) is 31.5. The van der Waals surface area contributed by atoms with Crippen LogP contribution in [0.15, 0.2) is 413 Å². The van der Waals surface area contributed by atoms with Crippen LogP contribution in [0.5, 0.6) is 0 Å². The molecule has 618 valence electrons. The number of rotatable bonds is 15. The van der Waals surface area contributed by atoms with Crippen molar-refractivity contribution in [3.05, 3.63) is 447 Å². The summed E-state index contributed by atoms with van der Waals surface area (Å²) in [4.78, 5) is 20.8. The van der Waals surface area contributed by atoms with Crippen molar-refractivity contribution >= 4 is 87.2 Å². The molecular weight excluding hydrogens is 1630 g/mol. The number of aromatic nitrogens is 8. The van der Waals surface area contributed by atoms with Crippen LogP contribution in [0.4, 0.5) is 17.6 Å². The average molecular weight is 1700 g/mol. The third kappa shape index (κ3) is 13.2. The van der Waals surface area contributed by atoms with Crippen LogP contribution in [0.1, 0.15) is 11.1 Å². The van der Waals surface area contributed by atoms with E-state index in [1.54, 1.807) is 0 Å². The molecule has 0 atom stereocenters. The largest absolute Gasteiger partial charge is 0.308 e. The predicted molar refractivity (Wildman–Crippen MR) is 524 cm³/mol. The molecule has 0 aliphatic rings. The highest BCUT2D eigenvalue weighted by molar-refractivity contribution is 6.16. The van der Waals surface area contributed by atoms with Gasteiger partial charge in [-0.2, -0.15) is 10.5 Å². The second-order valence-corrected chi connectivity index (χ2v) is 33.2. The lowest BCUT2D eigenvalue weighted by atomic mass is 9.91. The lowest BCUT2D eigenvalue weighted by molar-refractivity contribution is 0.583. The van der Waals surface area contributed by atoms with Crippen molar-refractivity contribution in [2.45, 2.75) is 0 Å². The van der Waals surface area contributed by atoms with E-state index in [4.69, 9.17) is 19.9 Å². The lowest BCUT2D eigenvalue weighted by Gasteiger charge is -2.21. The molecule has 0 saturated carbocycles. The Kier molecular flexibility index (Phi) is 18.5. The number of halogens is 4. The third-order valence-corrected chi connectivity index (χ3v) is 25.6. The SMILES string of the molecule is N#Cc1cc(-n2c3ccccc3c3cc(-c4ccc(-c5ccccc5)nc4)ccc32)c(-c2cc(F)cc(F)c2)c(-n2c3ccccc3c3cc(-c4cnc(-c5ccccc5)c(-c5cc(-c6ccc7c8ccccc8n(-c8cc(C#N)cc(-n9c%10ccccc%10c%10ccc(-c%11ccc(-c%12ccccc%12)nc%11)cc%109)c8-c8cc(F)cc(F)c8)c7c6)cnc5-c5ccccc5)c4)ccc32)c1. The molecule has 132 heavy (non-hydrogen) atoms. The summed E-state index contributed by atoms with van der Waals surface area (Å²) in [5, 5.41) is 30.1. The fourth-order valence-electron chi connectivity index (χ4n) is 19.7. The molecule has 8 heterocycles. The highest BCUT2D eigenvalue weighted by Crippen LogP contribution is 2.50. The van der Waals surface area contributed by atoms with E-state index in [2.05, 4.69) is 176 Å². The Hall–Kier alpha value is -18.0. The Morgan fingerprint density at radius 3 is 0.833 bits per heavy atom. The van der Waals surface area contributed by atoms with E-state index in [9.17, 15) is 10.5 Å².